The van der Waals surface area contributed by atoms with Gasteiger partial charge in [-0.2, -0.15) is 0 Å². The van der Waals surface area contributed by atoms with Crippen molar-refractivity contribution >= 4 is 29.2 Å². The van der Waals surface area contributed by atoms with Crippen molar-refractivity contribution in [1.29, 1.82) is 0 Å². The lowest BCUT2D eigenvalue weighted by Crippen LogP contribution is -2.32. The number of halogens is 2. The zero-order valence-corrected chi connectivity index (χ0v) is 20.6. The maximum atomic E-state index is 13.9. The summed E-state index contributed by atoms with van der Waals surface area (Å²) < 4.78 is 28.8. The minimum atomic E-state index is -0.910. The first-order valence-corrected chi connectivity index (χ1v) is 12.1. The number of nitro groups is 1. The van der Waals surface area contributed by atoms with Crippen LogP contribution in [0.3, 0.4) is 0 Å². The number of aromatic nitrogens is 3. The quantitative estimate of drug-likeness (QED) is 0.168. The van der Waals surface area contributed by atoms with Crippen molar-refractivity contribution in [2.24, 2.45) is 0 Å². The number of hydrogen-bond donors (Lipinski definition) is 2. The second-order valence-electron chi connectivity index (χ2n) is 8.17. The van der Waals surface area contributed by atoms with E-state index in [4.69, 9.17) is 0 Å². The van der Waals surface area contributed by atoms with Crippen LogP contribution < -0.4 is 10.6 Å². The molecule has 4 rings (SSSR count). The predicted molar refractivity (Wildman–Crippen MR) is 136 cm³/mol. The van der Waals surface area contributed by atoms with Crippen molar-refractivity contribution in [2.45, 2.75) is 30.8 Å². The molecular weight excluding hydrogens is 502 g/mol. The number of benzene rings is 3. The van der Waals surface area contributed by atoms with Crippen LogP contribution in [-0.4, -0.2) is 25.7 Å². The molecule has 190 valence electrons. The number of nitrogens with zero attached hydrogens (tertiary/aromatic N) is 4. The Morgan fingerprint density at radius 2 is 1.86 bits per heavy atom. The van der Waals surface area contributed by atoms with Gasteiger partial charge in [0.05, 0.1) is 16.7 Å². The molecule has 1 heterocycles. The molecule has 1 atom stereocenters. The molecule has 0 radical (unpaired) electrons. The van der Waals surface area contributed by atoms with Crippen LogP contribution in [0.25, 0.3) is 5.69 Å². The molecule has 0 saturated carbocycles. The molecule has 2 N–H and O–H groups in total. The van der Waals surface area contributed by atoms with Crippen molar-refractivity contribution in [1.82, 2.24) is 20.1 Å². The van der Waals surface area contributed by atoms with Gasteiger partial charge in [0.1, 0.15) is 11.6 Å². The first kappa shape index (κ1) is 25.8. The van der Waals surface area contributed by atoms with Gasteiger partial charge in [-0.05, 0) is 43.7 Å². The van der Waals surface area contributed by atoms with Crippen LogP contribution >= 0.6 is 11.8 Å². The molecule has 0 fully saturated rings. The molecule has 0 bridgehead atoms. The summed E-state index contributed by atoms with van der Waals surface area (Å²) in [6, 6.07) is 15.3. The number of thioether (sulfide) groups is 1. The monoisotopic (exact) mass is 524 g/mol. The fourth-order valence-electron chi connectivity index (χ4n) is 3.58. The Hall–Kier alpha value is -4.32. The summed E-state index contributed by atoms with van der Waals surface area (Å²) >= 11 is 1.42. The second-order valence-corrected chi connectivity index (χ2v) is 9.11. The molecule has 12 heteroatoms. The Bertz CT molecular complexity index is 1440. The average molecular weight is 525 g/mol. The third kappa shape index (κ3) is 6.28. The SMILES string of the molecule is Cc1cccc(CSc2nnc(C(C)NC(=O)Nc3ccc(F)cc3F)n2-c2ccc([N+](=O)[O-])cc2)c1. The largest absolute Gasteiger partial charge is 0.328 e. The van der Waals surface area contributed by atoms with Gasteiger partial charge in [-0.25, -0.2) is 13.6 Å². The van der Waals surface area contributed by atoms with Crippen molar-refractivity contribution in [3.63, 3.8) is 0 Å². The standard InChI is InChI=1S/C25H22F2N6O3S/c1-15-4-3-5-17(12-15)14-37-25-31-30-23(32(25)19-7-9-20(10-8-19)33(35)36)16(2)28-24(34)29-22-11-6-18(26)13-21(22)27/h3-13,16H,14H2,1-2H3,(H2,28,29,34). The number of hydrogen-bond acceptors (Lipinski definition) is 6. The highest BCUT2D eigenvalue weighted by atomic mass is 32.2. The van der Waals surface area contributed by atoms with E-state index in [-0.39, 0.29) is 11.4 Å². The molecule has 3 aromatic carbocycles. The Morgan fingerprint density at radius 3 is 2.54 bits per heavy atom. The summed E-state index contributed by atoms with van der Waals surface area (Å²) in [5.74, 6) is -0.718. The van der Waals surface area contributed by atoms with Crippen LogP contribution in [0, 0.1) is 28.7 Å². The topological polar surface area (TPSA) is 115 Å². The molecule has 4 aromatic rings. The Morgan fingerprint density at radius 1 is 1.11 bits per heavy atom. The highest BCUT2D eigenvalue weighted by Crippen LogP contribution is 2.29. The van der Waals surface area contributed by atoms with Gasteiger partial charge in [0.25, 0.3) is 5.69 Å². The van der Waals surface area contributed by atoms with Gasteiger partial charge in [-0.3, -0.25) is 14.7 Å². The van der Waals surface area contributed by atoms with Crippen molar-refractivity contribution in [3.8, 4) is 5.69 Å². The molecule has 0 spiro atoms. The number of rotatable bonds is 8. The third-order valence-electron chi connectivity index (χ3n) is 5.34. The first-order valence-electron chi connectivity index (χ1n) is 11.1. The molecular formula is C25H22F2N6O3S. The summed E-state index contributed by atoms with van der Waals surface area (Å²) in [7, 11) is 0. The molecule has 2 amide bonds. The minimum absolute atomic E-state index is 0.0702. The summed E-state index contributed by atoms with van der Waals surface area (Å²) in [6.45, 7) is 3.67. The Labute approximate surface area is 215 Å². The lowest BCUT2D eigenvalue weighted by atomic mass is 10.2. The number of amides is 2. The smallest absolute Gasteiger partial charge is 0.319 e. The lowest BCUT2D eigenvalue weighted by Gasteiger charge is -2.17. The molecule has 0 aliphatic heterocycles. The van der Waals surface area contributed by atoms with E-state index >= 15 is 0 Å². The van der Waals surface area contributed by atoms with Gasteiger partial charge >= 0.3 is 6.03 Å². The number of aryl methyl sites for hydroxylation is 1. The minimum Gasteiger partial charge on any atom is -0.328 e. The summed E-state index contributed by atoms with van der Waals surface area (Å²) in [5, 5.41) is 25.2. The molecule has 0 aliphatic rings. The Kier molecular flexibility index (Phi) is 7.77. The van der Waals surface area contributed by atoms with Crippen LogP contribution in [0.15, 0.2) is 71.9 Å². The first-order chi connectivity index (χ1) is 17.7. The van der Waals surface area contributed by atoms with Gasteiger partial charge in [0.15, 0.2) is 11.0 Å². The van der Waals surface area contributed by atoms with Crippen molar-refractivity contribution in [2.75, 3.05) is 5.32 Å². The molecule has 0 aliphatic carbocycles. The molecule has 9 nitrogen and oxygen atoms in total. The van der Waals surface area contributed by atoms with E-state index in [1.54, 1.807) is 23.6 Å². The Balaban J connectivity index is 1.59. The van der Waals surface area contributed by atoms with E-state index in [0.29, 0.717) is 28.5 Å². The predicted octanol–water partition coefficient (Wildman–Crippen LogP) is 5.94. The van der Waals surface area contributed by atoms with Gasteiger partial charge in [0, 0.05) is 29.6 Å². The average Bonchev–Trinajstić information content (AvgIpc) is 3.29. The molecule has 37 heavy (non-hydrogen) atoms. The summed E-state index contributed by atoms with van der Waals surface area (Å²) in [5.41, 5.74) is 2.52. The van der Waals surface area contributed by atoms with Crippen molar-refractivity contribution < 1.29 is 18.5 Å². The molecule has 1 aromatic heterocycles. The normalized spacial score (nSPS) is 11.7. The number of urea groups is 1. The fourth-order valence-corrected chi connectivity index (χ4v) is 4.48. The second kappa shape index (κ2) is 11.2. The van der Waals surface area contributed by atoms with Gasteiger partial charge < -0.3 is 10.6 Å². The fraction of sp³-hybridized carbons (Fsp3) is 0.160. The van der Waals surface area contributed by atoms with E-state index in [0.717, 1.165) is 23.3 Å². The summed E-state index contributed by atoms with van der Waals surface area (Å²) in [4.78, 5) is 23.1. The van der Waals surface area contributed by atoms with E-state index in [2.05, 4.69) is 26.9 Å². The van der Waals surface area contributed by atoms with Crippen LogP contribution in [0.4, 0.5) is 25.0 Å². The zero-order chi connectivity index (χ0) is 26.5. The van der Waals surface area contributed by atoms with Crippen molar-refractivity contribution in [3.05, 3.63) is 105 Å². The lowest BCUT2D eigenvalue weighted by molar-refractivity contribution is -0.384. The van der Waals surface area contributed by atoms with Gasteiger partial charge in [-0.15, -0.1) is 10.2 Å². The highest BCUT2D eigenvalue weighted by molar-refractivity contribution is 7.98. The number of non-ortho nitro benzene ring substituents is 1. The van der Waals surface area contributed by atoms with E-state index in [9.17, 15) is 23.7 Å². The molecule has 0 saturated heterocycles. The number of nitro benzene ring substituents is 1. The number of anilines is 1. The maximum absolute atomic E-state index is 13.9. The van der Waals surface area contributed by atoms with E-state index in [1.807, 2.05) is 25.1 Å². The van der Waals surface area contributed by atoms with E-state index in [1.165, 1.54) is 23.9 Å². The van der Waals surface area contributed by atoms with Gasteiger partial charge in [0.2, 0.25) is 0 Å². The highest BCUT2D eigenvalue weighted by Gasteiger charge is 2.22. The molecule has 1 unspecified atom stereocenters. The third-order valence-corrected chi connectivity index (χ3v) is 6.34. The van der Waals surface area contributed by atoms with Gasteiger partial charge in [-0.1, -0.05) is 41.6 Å². The zero-order valence-electron chi connectivity index (χ0n) is 19.8. The van der Waals surface area contributed by atoms with Crippen LogP contribution in [0.2, 0.25) is 0 Å². The van der Waals surface area contributed by atoms with E-state index < -0.39 is 28.6 Å². The number of carbonyl (C=O) groups excluding carboxylic acids is 1. The van der Waals surface area contributed by atoms with Crippen LogP contribution in [0.1, 0.15) is 29.9 Å². The summed E-state index contributed by atoms with van der Waals surface area (Å²) in [6.07, 6.45) is 0. The number of nitrogens with one attached hydrogen (secondary N) is 2. The van der Waals surface area contributed by atoms with Crippen LogP contribution in [-0.2, 0) is 5.75 Å². The maximum Gasteiger partial charge on any atom is 0.319 e. The number of carbonyl (C=O) groups is 1. The van der Waals surface area contributed by atoms with Crippen LogP contribution in [0.5, 0.6) is 0 Å².